The summed E-state index contributed by atoms with van der Waals surface area (Å²) in [6.45, 7) is 6.31. The van der Waals surface area contributed by atoms with Crippen molar-refractivity contribution in [3.05, 3.63) is 35.1 Å². The van der Waals surface area contributed by atoms with Crippen LogP contribution in [0.1, 0.15) is 37.9 Å². The lowest BCUT2D eigenvalue weighted by Crippen LogP contribution is -2.30. The van der Waals surface area contributed by atoms with Gasteiger partial charge in [-0.3, -0.25) is 0 Å². The monoisotopic (exact) mass is 395 g/mol. The number of aromatic amines is 1. The Kier molecular flexibility index (Phi) is 4.63. The molecule has 0 unspecified atom stereocenters. The first kappa shape index (κ1) is 17.8. The van der Waals surface area contributed by atoms with Crippen molar-refractivity contribution in [2.45, 2.75) is 39.0 Å². The summed E-state index contributed by atoms with van der Waals surface area (Å²) in [7, 11) is 0. The van der Waals surface area contributed by atoms with E-state index in [9.17, 15) is 0 Å². The smallest absolute Gasteiger partial charge is 0.156 e. The van der Waals surface area contributed by atoms with Crippen molar-refractivity contribution in [3.8, 4) is 11.3 Å². The Bertz CT molecular complexity index is 982. The molecule has 1 aromatic carbocycles. The zero-order chi connectivity index (χ0) is 19.1. The van der Waals surface area contributed by atoms with Crippen molar-refractivity contribution in [2.75, 3.05) is 36.0 Å². The molecule has 2 aliphatic heterocycles. The van der Waals surface area contributed by atoms with Gasteiger partial charge in [-0.05, 0) is 51.2 Å². The zero-order valence-corrected chi connectivity index (χ0v) is 17.1. The van der Waals surface area contributed by atoms with Crippen LogP contribution in [0.15, 0.2) is 24.3 Å². The summed E-state index contributed by atoms with van der Waals surface area (Å²) in [5, 5.41) is 0.757. The minimum absolute atomic E-state index is 0.757. The molecule has 0 atom stereocenters. The molecular formula is C22H26ClN5. The minimum Gasteiger partial charge on any atom is -0.368 e. The average molecular weight is 396 g/mol. The third kappa shape index (κ3) is 3.12. The number of aryl methyl sites for hydroxylation is 1. The van der Waals surface area contributed by atoms with E-state index in [2.05, 4.69) is 26.9 Å². The fourth-order valence-corrected chi connectivity index (χ4v) is 4.68. The molecular weight excluding hydrogens is 370 g/mol. The third-order valence-corrected chi connectivity index (χ3v) is 6.18. The van der Waals surface area contributed by atoms with E-state index >= 15 is 0 Å². The quantitative estimate of drug-likeness (QED) is 0.664. The first-order valence-corrected chi connectivity index (χ1v) is 10.7. The Morgan fingerprint density at radius 1 is 0.857 bits per heavy atom. The summed E-state index contributed by atoms with van der Waals surface area (Å²) in [6.07, 6.45) is 6.23. The number of nitrogens with zero attached hydrogens (tertiary/aromatic N) is 4. The zero-order valence-electron chi connectivity index (χ0n) is 16.3. The molecule has 1 N–H and O–H groups in total. The second-order valence-electron chi connectivity index (χ2n) is 7.92. The van der Waals surface area contributed by atoms with Crippen LogP contribution in [-0.2, 0) is 0 Å². The molecule has 3 aromatic rings. The Morgan fingerprint density at radius 3 is 2.21 bits per heavy atom. The number of rotatable bonds is 3. The highest BCUT2D eigenvalue weighted by molar-refractivity contribution is 6.30. The third-order valence-electron chi connectivity index (χ3n) is 5.92. The number of halogens is 1. The lowest BCUT2D eigenvalue weighted by atomic mass is 10.1. The Labute approximate surface area is 170 Å². The van der Waals surface area contributed by atoms with Crippen LogP contribution in [0.25, 0.3) is 22.3 Å². The molecule has 0 spiro atoms. The summed E-state index contributed by atoms with van der Waals surface area (Å²) in [5.74, 6) is 1.90. The first-order valence-electron chi connectivity index (χ1n) is 10.4. The SMILES string of the molecule is Cc1nc(N2CCCCC2)c2[nH]c(-c3ccc(Cl)cc3)c(N3CCCC3)c2n1. The number of aromatic nitrogens is 3. The maximum Gasteiger partial charge on any atom is 0.156 e. The van der Waals surface area contributed by atoms with Gasteiger partial charge in [0, 0.05) is 36.8 Å². The van der Waals surface area contributed by atoms with Crippen LogP contribution in [0.3, 0.4) is 0 Å². The predicted molar refractivity (Wildman–Crippen MR) is 117 cm³/mol. The summed E-state index contributed by atoms with van der Waals surface area (Å²) in [5.41, 5.74) is 5.62. The predicted octanol–water partition coefficient (Wildman–Crippen LogP) is 5.18. The number of H-pyrrole nitrogens is 1. The standard InChI is InChI=1S/C22H26ClN5/c1-15-24-19-20(22(25-15)28-13-3-2-4-14-28)26-18(16-7-9-17(23)10-8-16)21(19)27-11-5-6-12-27/h7-10,26H,2-6,11-14H2,1H3. The maximum atomic E-state index is 6.14. The highest BCUT2D eigenvalue weighted by Crippen LogP contribution is 2.41. The Hall–Kier alpha value is -2.27. The summed E-state index contributed by atoms with van der Waals surface area (Å²) >= 11 is 6.14. The van der Waals surface area contributed by atoms with E-state index in [0.717, 1.165) is 65.1 Å². The lowest BCUT2D eigenvalue weighted by Gasteiger charge is -2.28. The molecule has 2 fully saturated rings. The van der Waals surface area contributed by atoms with Gasteiger partial charge in [0.25, 0.3) is 0 Å². The van der Waals surface area contributed by atoms with Gasteiger partial charge in [0.1, 0.15) is 16.9 Å². The molecule has 2 saturated heterocycles. The number of fused-ring (bicyclic) bond motifs is 1. The molecule has 4 heterocycles. The van der Waals surface area contributed by atoms with E-state index in [0.29, 0.717) is 0 Å². The molecule has 5 nitrogen and oxygen atoms in total. The number of hydrogen-bond donors (Lipinski definition) is 1. The van der Waals surface area contributed by atoms with Gasteiger partial charge in [0.15, 0.2) is 5.82 Å². The number of hydrogen-bond acceptors (Lipinski definition) is 4. The second-order valence-corrected chi connectivity index (χ2v) is 8.35. The molecule has 2 aromatic heterocycles. The van der Waals surface area contributed by atoms with Gasteiger partial charge in [-0.15, -0.1) is 0 Å². The summed E-state index contributed by atoms with van der Waals surface area (Å²) < 4.78 is 0. The van der Waals surface area contributed by atoms with Crippen molar-refractivity contribution in [1.82, 2.24) is 15.0 Å². The average Bonchev–Trinajstić information content (AvgIpc) is 3.36. The van der Waals surface area contributed by atoms with Crippen LogP contribution in [0.4, 0.5) is 11.5 Å². The molecule has 146 valence electrons. The molecule has 0 saturated carbocycles. The highest BCUT2D eigenvalue weighted by Gasteiger charge is 2.26. The lowest BCUT2D eigenvalue weighted by molar-refractivity contribution is 0.574. The van der Waals surface area contributed by atoms with Crippen molar-refractivity contribution >= 4 is 34.1 Å². The molecule has 0 aliphatic carbocycles. The van der Waals surface area contributed by atoms with Crippen LogP contribution >= 0.6 is 11.6 Å². The fourth-order valence-electron chi connectivity index (χ4n) is 4.56. The maximum absolute atomic E-state index is 6.14. The number of piperidine rings is 1. The van der Waals surface area contributed by atoms with Gasteiger partial charge < -0.3 is 14.8 Å². The molecule has 28 heavy (non-hydrogen) atoms. The first-order chi connectivity index (χ1) is 13.7. The topological polar surface area (TPSA) is 48.1 Å². The van der Waals surface area contributed by atoms with Crippen molar-refractivity contribution < 1.29 is 0 Å². The second kappa shape index (κ2) is 7.28. The largest absolute Gasteiger partial charge is 0.368 e. The molecule has 0 radical (unpaired) electrons. The van der Waals surface area contributed by atoms with Gasteiger partial charge in [-0.25, -0.2) is 9.97 Å². The van der Waals surface area contributed by atoms with Crippen LogP contribution in [-0.4, -0.2) is 41.1 Å². The van der Waals surface area contributed by atoms with Gasteiger partial charge >= 0.3 is 0 Å². The van der Waals surface area contributed by atoms with E-state index in [1.165, 1.54) is 37.8 Å². The molecule has 0 bridgehead atoms. The van der Waals surface area contributed by atoms with E-state index in [1.807, 2.05) is 19.1 Å². The van der Waals surface area contributed by atoms with E-state index in [4.69, 9.17) is 21.6 Å². The summed E-state index contributed by atoms with van der Waals surface area (Å²) in [4.78, 5) is 18.4. The van der Waals surface area contributed by atoms with Crippen LogP contribution in [0.5, 0.6) is 0 Å². The summed E-state index contributed by atoms with van der Waals surface area (Å²) in [6, 6.07) is 8.10. The normalized spacial score (nSPS) is 17.6. The molecule has 2 aliphatic rings. The highest BCUT2D eigenvalue weighted by atomic mass is 35.5. The minimum atomic E-state index is 0.757. The Balaban J connectivity index is 1.73. The van der Waals surface area contributed by atoms with Gasteiger partial charge in [0.2, 0.25) is 0 Å². The van der Waals surface area contributed by atoms with Crippen molar-refractivity contribution in [3.63, 3.8) is 0 Å². The number of nitrogens with one attached hydrogen (secondary N) is 1. The van der Waals surface area contributed by atoms with Gasteiger partial charge in [-0.1, -0.05) is 23.7 Å². The van der Waals surface area contributed by atoms with E-state index in [-0.39, 0.29) is 0 Å². The fraction of sp³-hybridized carbons (Fsp3) is 0.455. The van der Waals surface area contributed by atoms with Gasteiger partial charge in [-0.2, -0.15) is 0 Å². The molecule has 0 amide bonds. The van der Waals surface area contributed by atoms with Crippen molar-refractivity contribution in [2.24, 2.45) is 0 Å². The van der Waals surface area contributed by atoms with E-state index in [1.54, 1.807) is 0 Å². The van der Waals surface area contributed by atoms with Crippen LogP contribution < -0.4 is 9.80 Å². The van der Waals surface area contributed by atoms with Crippen LogP contribution in [0.2, 0.25) is 5.02 Å². The Morgan fingerprint density at radius 2 is 1.50 bits per heavy atom. The number of benzene rings is 1. The number of anilines is 2. The van der Waals surface area contributed by atoms with E-state index < -0.39 is 0 Å². The molecule has 5 rings (SSSR count). The van der Waals surface area contributed by atoms with Gasteiger partial charge in [0.05, 0.1) is 11.4 Å². The van der Waals surface area contributed by atoms with Crippen molar-refractivity contribution in [1.29, 1.82) is 0 Å². The molecule has 6 heteroatoms. The van der Waals surface area contributed by atoms with Crippen LogP contribution in [0, 0.1) is 6.92 Å².